The first-order chi connectivity index (χ1) is 17.4. The molecule has 6 nitrogen and oxygen atoms in total. The number of para-hydroxylation sites is 1. The van der Waals surface area contributed by atoms with Gasteiger partial charge in [-0.1, -0.05) is 66.7 Å². The Morgan fingerprint density at radius 1 is 0.889 bits per heavy atom. The summed E-state index contributed by atoms with van der Waals surface area (Å²) in [7, 11) is 6.80. The first-order valence-corrected chi connectivity index (χ1v) is 11.7. The third-order valence-corrected chi connectivity index (χ3v) is 6.40. The van der Waals surface area contributed by atoms with Gasteiger partial charge in [-0.2, -0.15) is 0 Å². The molecule has 0 aliphatic carbocycles. The van der Waals surface area contributed by atoms with E-state index in [0.29, 0.717) is 16.7 Å². The smallest absolute Gasteiger partial charge is 0.342 e. The molecule has 2 heterocycles. The minimum absolute atomic E-state index is 0.247. The third kappa shape index (κ3) is 3.77. The van der Waals surface area contributed by atoms with E-state index < -0.39 is 5.97 Å². The quantitative estimate of drug-likeness (QED) is 0.248. The molecule has 0 aliphatic heterocycles. The summed E-state index contributed by atoms with van der Waals surface area (Å²) in [5, 5.41) is 1.21. The summed E-state index contributed by atoms with van der Waals surface area (Å²) >= 11 is 0. The molecule has 0 saturated carbocycles. The fourth-order valence-electron chi connectivity index (χ4n) is 4.74. The number of nitrogens with zero attached hydrogens (tertiary/aromatic N) is 3. The van der Waals surface area contributed by atoms with Gasteiger partial charge in [-0.05, 0) is 35.4 Å². The zero-order chi connectivity index (χ0) is 25.4. The molecule has 0 atom stereocenters. The molecule has 0 saturated heterocycles. The number of aryl methyl sites for hydroxylation is 1. The van der Waals surface area contributed by atoms with Gasteiger partial charge >= 0.3 is 5.97 Å². The van der Waals surface area contributed by atoms with E-state index in [1.54, 1.807) is 11.6 Å². The van der Waals surface area contributed by atoms with Crippen molar-refractivity contribution in [3.05, 3.63) is 106 Å². The minimum atomic E-state index is -0.546. The fourth-order valence-corrected chi connectivity index (χ4v) is 4.74. The number of hydrogen-bond acceptors (Lipinski definition) is 4. The van der Waals surface area contributed by atoms with Gasteiger partial charge in [0.25, 0.3) is 5.56 Å². The molecule has 0 N–H and O–H groups in total. The summed E-state index contributed by atoms with van der Waals surface area (Å²) < 4.78 is 8.75. The van der Waals surface area contributed by atoms with Crippen LogP contribution in [0.3, 0.4) is 0 Å². The van der Waals surface area contributed by atoms with Gasteiger partial charge in [0.2, 0.25) is 0 Å². The Morgan fingerprint density at radius 3 is 2.17 bits per heavy atom. The van der Waals surface area contributed by atoms with E-state index >= 15 is 0 Å². The molecule has 36 heavy (non-hydrogen) atoms. The molecule has 0 unspecified atom stereocenters. The second-order valence-electron chi connectivity index (χ2n) is 8.86. The largest absolute Gasteiger partial charge is 0.465 e. The number of anilines is 1. The number of ether oxygens (including phenoxy) is 1. The summed E-state index contributed by atoms with van der Waals surface area (Å²) in [6.45, 7) is 0. The Hall–Kier alpha value is -4.58. The van der Waals surface area contributed by atoms with Crippen LogP contribution in [0.5, 0.6) is 0 Å². The maximum atomic E-state index is 13.7. The van der Waals surface area contributed by atoms with E-state index in [9.17, 15) is 9.59 Å². The molecular weight excluding hydrogens is 450 g/mol. The molecule has 0 bridgehead atoms. The average molecular weight is 478 g/mol. The Balaban J connectivity index is 1.93. The number of carbonyl (C=O) groups excluding carboxylic acids is 1. The van der Waals surface area contributed by atoms with E-state index in [-0.39, 0.29) is 11.1 Å². The van der Waals surface area contributed by atoms with Gasteiger partial charge in [-0.15, -0.1) is 0 Å². The lowest BCUT2D eigenvalue weighted by molar-refractivity contribution is 0.0603. The van der Waals surface area contributed by atoms with Crippen molar-refractivity contribution in [1.29, 1.82) is 0 Å². The van der Waals surface area contributed by atoms with Crippen LogP contribution < -0.4 is 10.5 Å². The molecular formula is C30H27N3O3. The lowest BCUT2D eigenvalue weighted by atomic mass is 10.1. The molecule has 3 aromatic carbocycles. The van der Waals surface area contributed by atoms with E-state index in [0.717, 1.165) is 27.7 Å². The topological polar surface area (TPSA) is 56.5 Å². The molecule has 6 heteroatoms. The van der Waals surface area contributed by atoms with Crippen molar-refractivity contribution in [3.8, 4) is 5.69 Å². The minimum Gasteiger partial charge on any atom is -0.465 e. The van der Waals surface area contributed by atoms with Crippen LogP contribution in [0.25, 0.3) is 39.6 Å². The monoisotopic (exact) mass is 477 g/mol. The van der Waals surface area contributed by atoms with Gasteiger partial charge < -0.3 is 14.2 Å². The zero-order valence-corrected chi connectivity index (χ0v) is 20.7. The van der Waals surface area contributed by atoms with Crippen molar-refractivity contribution < 1.29 is 9.53 Å². The number of methoxy groups -OCH3 is 1. The van der Waals surface area contributed by atoms with Gasteiger partial charge in [0.15, 0.2) is 0 Å². The molecule has 0 spiro atoms. The highest BCUT2D eigenvalue weighted by Gasteiger charge is 2.30. The van der Waals surface area contributed by atoms with Gasteiger partial charge in [0.05, 0.1) is 23.5 Å². The standard InChI is InChI=1S/C30H27N3O3/c1-31(2)28-26(30(35)36-4)25-27(33(28)22-13-9-6-10-14-22)23-19-21(16-15-20-11-7-5-8-12-20)17-18-24(23)32(3)29(25)34/h5-19H,1-4H3. The Morgan fingerprint density at radius 2 is 1.53 bits per heavy atom. The van der Waals surface area contributed by atoms with Gasteiger partial charge in [0.1, 0.15) is 11.4 Å². The zero-order valence-electron chi connectivity index (χ0n) is 20.7. The second-order valence-corrected chi connectivity index (χ2v) is 8.86. The number of carbonyl (C=O) groups is 1. The predicted molar refractivity (Wildman–Crippen MR) is 147 cm³/mol. The van der Waals surface area contributed by atoms with Crippen molar-refractivity contribution in [3.63, 3.8) is 0 Å². The van der Waals surface area contributed by atoms with Crippen LogP contribution in [-0.4, -0.2) is 36.3 Å². The summed E-state index contributed by atoms with van der Waals surface area (Å²) in [5.74, 6) is 0.0489. The molecule has 5 rings (SSSR count). The molecule has 5 aromatic rings. The summed E-state index contributed by atoms with van der Waals surface area (Å²) in [6, 6.07) is 25.9. The van der Waals surface area contributed by atoms with Gasteiger partial charge in [0, 0.05) is 32.2 Å². The highest BCUT2D eigenvalue weighted by molar-refractivity contribution is 6.17. The van der Waals surface area contributed by atoms with Crippen LogP contribution in [-0.2, 0) is 11.8 Å². The highest BCUT2D eigenvalue weighted by Crippen LogP contribution is 2.37. The van der Waals surface area contributed by atoms with Crippen LogP contribution in [0.2, 0.25) is 0 Å². The highest BCUT2D eigenvalue weighted by atomic mass is 16.5. The summed E-state index contributed by atoms with van der Waals surface area (Å²) in [4.78, 5) is 28.7. The third-order valence-electron chi connectivity index (χ3n) is 6.40. The van der Waals surface area contributed by atoms with Crippen molar-refractivity contribution in [2.75, 3.05) is 26.1 Å². The van der Waals surface area contributed by atoms with Crippen molar-refractivity contribution in [2.24, 2.45) is 7.05 Å². The van der Waals surface area contributed by atoms with Crippen LogP contribution >= 0.6 is 0 Å². The molecule has 180 valence electrons. The maximum absolute atomic E-state index is 13.7. The van der Waals surface area contributed by atoms with E-state index in [1.807, 2.05) is 96.4 Å². The van der Waals surface area contributed by atoms with Crippen LogP contribution in [0.4, 0.5) is 5.82 Å². The van der Waals surface area contributed by atoms with Crippen LogP contribution in [0.15, 0.2) is 83.7 Å². The van der Waals surface area contributed by atoms with Crippen LogP contribution in [0.1, 0.15) is 21.5 Å². The number of aromatic nitrogens is 2. The lowest BCUT2D eigenvalue weighted by Gasteiger charge is -2.19. The molecule has 0 radical (unpaired) electrons. The second kappa shape index (κ2) is 9.23. The number of rotatable bonds is 5. The summed E-state index contributed by atoms with van der Waals surface area (Å²) in [5.41, 5.74) is 4.40. The number of pyridine rings is 1. The molecule has 0 fully saturated rings. The van der Waals surface area contributed by atoms with E-state index in [4.69, 9.17) is 4.74 Å². The molecule has 0 amide bonds. The van der Waals surface area contributed by atoms with E-state index in [2.05, 4.69) is 18.2 Å². The average Bonchev–Trinajstić information content (AvgIpc) is 3.28. The van der Waals surface area contributed by atoms with Crippen molar-refractivity contribution >= 4 is 45.7 Å². The first kappa shape index (κ1) is 23.2. The fraction of sp³-hybridized carbons (Fsp3) is 0.133. The van der Waals surface area contributed by atoms with E-state index in [1.165, 1.54) is 7.11 Å². The van der Waals surface area contributed by atoms with Crippen molar-refractivity contribution in [1.82, 2.24) is 9.13 Å². The predicted octanol–water partition coefficient (Wildman–Crippen LogP) is 5.51. The Kier molecular flexibility index (Phi) is 5.94. The first-order valence-electron chi connectivity index (χ1n) is 11.7. The number of benzene rings is 3. The van der Waals surface area contributed by atoms with Gasteiger partial charge in [-0.25, -0.2) is 4.79 Å². The SMILES string of the molecule is COC(=O)c1c(N(C)C)n(-c2ccccc2)c2c1c(=O)n(C)c1ccc(C=Cc3ccccc3)cc21. The van der Waals surface area contributed by atoms with Gasteiger partial charge in [-0.3, -0.25) is 9.36 Å². The Bertz CT molecular complexity index is 1680. The number of hydrogen-bond donors (Lipinski definition) is 0. The molecule has 0 aliphatic rings. The number of esters is 1. The van der Waals surface area contributed by atoms with Crippen LogP contribution in [0, 0.1) is 0 Å². The Labute approximate surface area is 209 Å². The molecule has 2 aromatic heterocycles. The summed E-state index contributed by atoms with van der Waals surface area (Å²) in [6.07, 6.45) is 4.11. The maximum Gasteiger partial charge on any atom is 0.342 e. The number of fused-ring (bicyclic) bond motifs is 3. The normalized spacial score (nSPS) is 11.4. The lowest BCUT2D eigenvalue weighted by Crippen LogP contribution is -2.20. The van der Waals surface area contributed by atoms with Crippen molar-refractivity contribution in [2.45, 2.75) is 0 Å².